The minimum Gasteiger partial charge on any atom is -0.283 e. The van der Waals surface area contributed by atoms with Crippen molar-refractivity contribution in [1.29, 1.82) is 0 Å². The summed E-state index contributed by atoms with van der Waals surface area (Å²) in [7, 11) is 0. The summed E-state index contributed by atoms with van der Waals surface area (Å²) in [6.45, 7) is 6.27. The molecule has 1 aromatic carbocycles. The van der Waals surface area contributed by atoms with Gasteiger partial charge in [-0.25, -0.2) is 9.37 Å². The molecule has 4 nitrogen and oxygen atoms in total. The molecular formula is C17H17FN4. The van der Waals surface area contributed by atoms with Crippen LogP contribution in [-0.4, -0.2) is 9.38 Å². The van der Waals surface area contributed by atoms with Gasteiger partial charge in [0.15, 0.2) is 5.82 Å². The van der Waals surface area contributed by atoms with Crippen LogP contribution in [0.4, 0.5) is 15.9 Å². The third-order valence-electron chi connectivity index (χ3n) is 3.30. The van der Waals surface area contributed by atoms with Crippen LogP contribution in [0.3, 0.4) is 0 Å². The second-order valence-electron chi connectivity index (χ2n) is 6.14. The van der Waals surface area contributed by atoms with Crippen molar-refractivity contribution in [3.8, 4) is 0 Å². The van der Waals surface area contributed by atoms with Crippen molar-refractivity contribution in [2.75, 3.05) is 0 Å². The van der Waals surface area contributed by atoms with E-state index in [2.05, 4.69) is 36.0 Å². The highest BCUT2D eigenvalue weighted by Crippen LogP contribution is 2.32. The molecule has 0 bridgehead atoms. The van der Waals surface area contributed by atoms with E-state index in [0.717, 1.165) is 11.3 Å². The van der Waals surface area contributed by atoms with Crippen molar-refractivity contribution in [3.05, 3.63) is 60.2 Å². The molecule has 0 spiro atoms. The van der Waals surface area contributed by atoms with E-state index in [9.17, 15) is 4.39 Å². The van der Waals surface area contributed by atoms with Crippen LogP contribution in [0.2, 0.25) is 0 Å². The van der Waals surface area contributed by atoms with Gasteiger partial charge in [0, 0.05) is 11.6 Å². The van der Waals surface area contributed by atoms with Crippen molar-refractivity contribution in [3.63, 3.8) is 0 Å². The molecule has 0 N–H and O–H groups in total. The molecule has 0 aliphatic heterocycles. The van der Waals surface area contributed by atoms with Gasteiger partial charge in [0.2, 0.25) is 0 Å². The molecule has 0 saturated heterocycles. The molecule has 0 fully saturated rings. The maximum atomic E-state index is 12.9. The molecule has 112 valence electrons. The van der Waals surface area contributed by atoms with Gasteiger partial charge in [-0.1, -0.05) is 26.8 Å². The second kappa shape index (κ2) is 5.33. The Morgan fingerprint density at radius 3 is 2.41 bits per heavy atom. The average molecular weight is 296 g/mol. The number of pyridine rings is 1. The number of halogens is 1. The highest BCUT2D eigenvalue weighted by atomic mass is 19.1. The molecule has 0 atom stereocenters. The Morgan fingerprint density at radius 1 is 1.00 bits per heavy atom. The number of nitrogens with zero attached hydrogens (tertiary/aromatic N) is 4. The lowest BCUT2D eigenvalue weighted by atomic mass is 9.92. The van der Waals surface area contributed by atoms with Gasteiger partial charge in [-0.2, -0.15) is 0 Å². The zero-order valence-corrected chi connectivity index (χ0v) is 12.8. The van der Waals surface area contributed by atoms with E-state index in [4.69, 9.17) is 0 Å². The summed E-state index contributed by atoms with van der Waals surface area (Å²) in [4.78, 5) is 4.66. The second-order valence-corrected chi connectivity index (χ2v) is 6.14. The minimum atomic E-state index is -0.288. The third-order valence-corrected chi connectivity index (χ3v) is 3.30. The predicted octanol–water partition coefficient (Wildman–Crippen LogP) is 5.19. The quantitative estimate of drug-likeness (QED) is 0.600. The van der Waals surface area contributed by atoms with E-state index in [1.165, 1.54) is 12.1 Å². The largest absolute Gasteiger partial charge is 0.283 e. The fourth-order valence-corrected chi connectivity index (χ4v) is 2.19. The smallest absolute Gasteiger partial charge is 0.183 e. The Labute approximate surface area is 128 Å². The first-order valence-electron chi connectivity index (χ1n) is 7.10. The summed E-state index contributed by atoms with van der Waals surface area (Å²) in [6, 6.07) is 11.7. The van der Waals surface area contributed by atoms with Crippen molar-refractivity contribution in [2.45, 2.75) is 26.2 Å². The summed E-state index contributed by atoms with van der Waals surface area (Å²) in [5.74, 6) is 0.413. The van der Waals surface area contributed by atoms with E-state index in [1.54, 1.807) is 12.1 Å². The molecule has 22 heavy (non-hydrogen) atoms. The molecule has 0 aliphatic rings. The topological polar surface area (TPSA) is 42.0 Å². The fourth-order valence-electron chi connectivity index (χ4n) is 2.19. The van der Waals surface area contributed by atoms with Crippen molar-refractivity contribution >= 4 is 17.2 Å². The molecule has 3 rings (SSSR count). The predicted molar refractivity (Wildman–Crippen MR) is 84.5 cm³/mol. The molecule has 0 radical (unpaired) electrons. The van der Waals surface area contributed by atoms with Gasteiger partial charge < -0.3 is 0 Å². The molecule has 0 aliphatic carbocycles. The summed E-state index contributed by atoms with van der Waals surface area (Å²) in [5, 5.41) is 8.58. The van der Waals surface area contributed by atoms with Crippen molar-refractivity contribution < 1.29 is 4.39 Å². The molecule has 2 heterocycles. The lowest BCUT2D eigenvalue weighted by Crippen LogP contribution is -2.11. The molecule has 0 saturated carbocycles. The first-order valence-corrected chi connectivity index (χ1v) is 7.10. The van der Waals surface area contributed by atoms with E-state index in [-0.39, 0.29) is 11.2 Å². The summed E-state index contributed by atoms with van der Waals surface area (Å²) in [6.07, 6.45) is 1.91. The van der Waals surface area contributed by atoms with Crippen molar-refractivity contribution in [2.24, 2.45) is 10.2 Å². The number of imidazole rings is 1. The van der Waals surface area contributed by atoms with Crippen LogP contribution >= 0.6 is 0 Å². The number of hydrogen-bond acceptors (Lipinski definition) is 3. The number of benzene rings is 1. The van der Waals surface area contributed by atoms with Crippen LogP contribution < -0.4 is 0 Å². The monoisotopic (exact) mass is 296 g/mol. The van der Waals surface area contributed by atoms with Gasteiger partial charge in [-0.3, -0.25) is 4.40 Å². The molecule has 0 unspecified atom stereocenters. The standard InChI is InChI=1S/C17H17FN4/c1-17(2,3)15-16(22-11-5-4-6-14(22)19-15)21-20-13-9-7-12(18)8-10-13/h4-11H,1-3H3. The number of fused-ring (bicyclic) bond motifs is 1. The van der Waals surface area contributed by atoms with E-state index < -0.39 is 0 Å². The lowest BCUT2D eigenvalue weighted by Gasteiger charge is -2.15. The zero-order chi connectivity index (χ0) is 15.7. The molecule has 0 amide bonds. The Bertz CT molecular complexity index is 826. The van der Waals surface area contributed by atoms with Crippen LogP contribution in [0.15, 0.2) is 58.9 Å². The highest BCUT2D eigenvalue weighted by molar-refractivity contribution is 5.54. The zero-order valence-electron chi connectivity index (χ0n) is 12.8. The molecular weight excluding hydrogens is 279 g/mol. The third kappa shape index (κ3) is 2.74. The number of rotatable bonds is 2. The SMILES string of the molecule is CC(C)(C)c1nc2ccccn2c1N=Nc1ccc(F)cc1. The lowest BCUT2D eigenvalue weighted by molar-refractivity contribution is 0.574. The van der Waals surface area contributed by atoms with Gasteiger partial charge in [-0.15, -0.1) is 10.2 Å². The Balaban J connectivity index is 2.10. The normalized spacial score (nSPS) is 12.4. The summed E-state index contributed by atoms with van der Waals surface area (Å²) < 4.78 is 14.9. The number of aromatic nitrogens is 2. The average Bonchev–Trinajstić information content (AvgIpc) is 2.86. The molecule has 2 aromatic heterocycles. The van der Waals surface area contributed by atoms with E-state index in [0.29, 0.717) is 11.5 Å². The maximum absolute atomic E-state index is 12.9. The van der Waals surface area contributed by atoms with Crippen LogP contribution in [0.25, 0.3) is 5.65 Å². The summed E-state index contributed by atoms with van der Waals surface area (Å²) in [5.41, 5.74) is 2.17. The summed E-state index contributed by atoms with van der Waals surface area (Å²) >= 11 is 0. The van der Waals surface area contributed by atoms with Gasteiger partial charge in [-0.05, 0) is 36.4 Å². The van der Waals surface area contributed by atoms with Crippen molar-refractivity contribution in [1.82, 2.24) is 9.38 Å². The Hall–Kier alpha value is -2.56. The number of azo groups is 1. The minimum absolute atomic E-state index is 0.150. The maximum Gasteiger partial charge on any atom is 0.183 e. The molecule has 5 heteroatoms. The van der Waals surface area contributed by atoms with E-state index >= 15 is 0 Å². The van der Waals surface area contributed by atoms with Crippen LogP contribution in [-0.2, 0) is 5.41 Å². The number of hydrogen-bond donors (Lipinski definition) is 0. The molecule has 3 aromatic rings. The van der Waals surface area contributed by atoms with Gasteiger partial charge in [0.25, 0.3) is 0 Å². The first kappa shape index (κ1) is 14.4. The first-order chi connectivity index (χ1) is 10.4. The van der Waals surface area contributed by atoms with E-state index in [1.807, 2.05) is 28.8 Å². The Kier molecular flexibility index (Phi) is 3.48. The Morgan fingerprint density at radius 2 is 1.73 bits per heavy atom. The van der Waals surface area contributed by atoms with Gasteiger partial charge >= 0.3 is 0 Å². The highest BCUT2D eigenvalue weighted by Gasteiger charge is 2.23. The fraction of sp³-hybridized carbons (Fsp3) is 0.235. The van der Waals surface area contributed by atoms with Gasteiger partial charge in [0.1, 0.15) is 11.5 Å². The van der Waals surface area contributed by atoms with Crippen LogP contribution in [0.1, 0.15) is 26.5 Å². The van der Waals surface area contributed by atoms with Crippen LogP contribution in [0, 0.1) is 5.82 Å². The van der Waals surface area contributed by atoms with Crippen LogP contribution in [0.5, 0.6) is 0 Å². The van der Waals surface area contributed by atoms with Gasteiger partial charge in [0.05, 0.1) is 11.4 Å².